The summed E-state index contributed by atoms with van der Waals surface area (Å²) in [6.07, 6.45) is 18.2. The Balaban J connectivity index is 1.32. The molecule has 0 radical (unpaired) electrons. The van der Waals surface area contributed by atoms with E-state index in [9.17, 15) is 4.79 Å². The van der Waals surface area contributed by atoms with Crippen molar-refractivity contribution in [3.05, 3.63) is 23.5 Å². The van der Waals surface area contributed by atoms with Crippen LogP contribution in [0.4, 0.5) is 0 Å². The number of carbonyl (C=O) groups excluding carboxylic acids is 1. The van der Waals surface area contributed by atoms with Crippen LogP contribution in [-0.4, -0.2) is 31.4 Å². The van der Waals surface area contributed by atoms with Gasteiger partial charge in [-0.1, -0.05) is 38.3 Å². The van der Waals surface area contributed by atoms with Crippen molar-refractivity contribution in [2.45, 2.75) is 89.9 Å². The molecule has 5 rings (SSSR count). The lowest BCUT2D eigenvalue weighted by atomic mass is 9.73. The summed E-state index contributed by atoms with van der Waals surface area (Å²) < 4.78 is 18.2. The first-order valence-corrected chi connectivity index (χ1v) is 12.6. The summed E-state index contributed by atoms with van der Waals surface area (Å²) in [5.74, 6) is 2.63. The minimum atomic E-state index is -0.184. The molecule has 2 aliphatic carbocycles. The molecular weight excluding hydrogens is 376 g/mol. The average Bonchev–Trinajstić information content (AvgIpc) is 3.26. The number of hydrogen-bond acceptors (Lipinski definition) is 4. The van der Waals surface area contributed by atoms with Crippen LogP contribution in [0.25, 0.3) is 0 Å². The van der Waals surface area contributed by atoms with Gasteiger partial charge in [0.1, 0.15) is 0 Å². The van der Waals surface area contributed by atoms with Crippen molar-refractivity contribution >= 4 is 5.78 Å². The second-order valence-corrected chi connectivity index (χ2v) is 10.1. The molecule has 1 saturated carbocycles. The third-order valence-corrected chi connectivity index (χ3v) is 8.26. The van der Waals surface area contributed by atoms with E-state index < -0.39 is 0 Å². The van der Waals surface area contributed by atoms with Crippen LogP contribution in [-0.2, 0) is 19.0 Å². The van der Waals surface area contributed by atoms with Gasteiger partial charge in [0.05, 0.1) is 12.7 Å². The number of carbonyl (C=O) groups is 1. The van der Waals surface area contributed by atoms with Gasteiger partial charge < -0.3 is 14.2 Å². The largest absolute Gasteiger partial charge is 0.461 e. The van der Waals surface area contributed by atoms with Gasteiger partial charge in [-0.25, -0.2) is 0 Å². The van der Waals surface area contributed by atoms with Gasteiger partial charge in [0.25, 0.3) is 0 Å². The van der Waals surface area contributed by atoms with E-state index in [0.717, 1.165) is 38.9 Å². The maximum atomic E-state index is 13.1. The van der Waals surface area contributed by atoms with Gasteiger partial charge in [0.15, 0.2) is 5.76 Å². The van der Waals surface area contributed by atoms with Gasteiger partial charge in [0.2, 0.25) is 12.1 Å². The van der Waals surface area contributed by atoms with Crippen LogP contribution in [0.3, 0.4) is 0 Å². The average molecular weight is 415 g/mol. The Hall–Kier alpha value is -1.13. The highest BCUT2D eigenvalue weighted by Crippen LogP contribution is 2.56. The molecule has 0 spiro atoms. The number of ketones is 1. The first-order valence-electron chi connectivity index (χ1n) is 12.6. The second-order valence-electron chi connectivity index (χ2n) is 10.1. The highest BCUT2D eigenvalue weighted by molar-refractivity contribution is 6.00. The van der Waals surface area contributed by atoms with E-state index >= 15 is 0 Å². The van der Waals surface area contributed by atoms with Gasteiger partial charge in [0, 0.05) is 30.3 Å². The van der Waals surface area contributed by atoms with Crippen LogP contribution >= 0.6 is 0 Å². The molecule has 3 heterocycles. The van der Waals surface area contributed by atoms with Crippen molar-refractivity contribution in [2.24, 2.45) is 29.6 Å². The number of hydrogen-bond donors (Lipinski definition) is 0. The lowest BCUT2D eigenvalue weighted by molar-refractivity contribution is -0.202. The van der Waals surface area contributed by atoms with Crippen molar-refractivity contribution < 1.29 is 19.0 Å². The Labute approximate surface area is 181 Å². The molecule has 3 unspecified atom stereocenters. The minimum Gasteiger partial charge on any atom is -0.461 e. The van der Waals surface area contributed by atoms with E-state index in [1.807, 2.05) is 0 Å². The quantitative estimate of drug-likeness (QED) is 0.403. The molecule has 2 bridgehead atoms. The van der Waals surface area contributed by atoms with Crippen LogP contribution in [0.15, 0.2) is 23.5 Å². The standard InChI is InChI=1S/C26H38O4/c1-2-3-4-8-17(21-10-5-6-15-28-21)11-12-18-13-14-19-22(18)23-20-9-7-16-29-26(20)30-25(19)24(23)27/h11-12,17-18,20-23,26H,2-10,13-16H2,1H3/t17-,18+,20?,21?,22-,23+,26?/m0/s1. The van der Waals surface area contributed by atoms with Crippen LogP contribution in [0.2, 0.25) is 0 Å². The summed E-state index contributed by atoms with van der Waals surface area (Å²) in [6, 6.07) is 0. The van der Waals surface area contributed by atoms with Gasteiger partial charge >= 0.3 is 0 Å². The van der Waals surface area contributed by atoms with E-state index in [2.05, 4.69) is 19.1 Å². The Morgan fingerprint density at radius 2 is 1.93 bits per heavy atom. The molecule has 0 aromatic heterocycles. The highest BCUT2D eigenvalue weighted by Gasteiger charge is 2.58. The van der Waals surface area contributed by atoms with Gasteiger partial charge in [-0.2, -0.15) is 0 Å². The number of rotatable bonds is 7. The maximum Gasteiger partial charge on any atom is 0.203 e. The normalized spacial score (nSPS) is 39.2. The molecule has 0 aromatic carbocycles. The van der Waals surface area contributed by atoms with Crippen molar-refractivity contribution in [1.29, 1.82) is 0 Å². The molecule has 5 aliphatic rings. The van der Waals surface area contributed by atoms with Crippen LogP contribution in [0.1, 0.15) is 77.6 Å². The van der Waals surface area contributed by atoms with Gasteiger partial charge in [-0.05, 0) is 62.9 Å². The SMILES string of the molecule is CCCCC[C@@H](C=C[C@@H]1CCC2=C3OC4OCCCC4[C@@H](C3=O)[C@H]21)C1CCCCO1. The first kappa shape index (κ1) is 20.8. The molecule has 0 N–H and O–H groups in total. The molecule has 4 nitrogen and oxygen atoms in total. The highest BCUT2D eigenvalue weighted by atomic mass is 16.7. The fourth-order valence-corrected chi connectivity index (χ4v) is 6.75. The molecule has 7 atom stereocenters. The topological polar surface area (TPSA) is 44.8 Å². The number of ether oxygens (including phenoxy) is 3. The molecule has 4 fully saturated rings. The molecule has 4 heteroatoms. The zero-order valence-corrected chi connectivity index (χ0v) is 18.5. The van der Waals surface area contributed by atoms with Crippen LogP contribution in [0.5, 0.6) is 0 Å². The fourth-order valence-electron chi connectivity index (χ4n) is 6.75. The molecule has 0 amide bonds. The van der Waals surface area contributed by atoms with Crippen LogP contribution in [0, 0.1) is 29.6 Å². The predicted molar refractivity (Wildman–Crippen MR) is 116 cm³/mol. The van der Waals surface area contributed by atoms with Crippen molar-refractivity contribution in [3.63, 3.8) is 0 Å². The third kappa shape index (κ3) is 3.79. The number of allylic oxidation sites excluding steroid dienone is 3. The first-order chi connectivity index (χ1) is 14.8. The lowest BCUT2D eigenvalue weighted by Crippen LogP contribution is -2.45. The Kier molecular flexibility index (Phi) is 6.34. The summed E-state index contributed by atoms with van der Waals surface area (Å²) in [5, 5.41) is 0. The second kappa shape index (κ2) is 9.16. The zero-order valence-electron chi connectivity index (χ0n) is 18.5. The summed E-state index contributed by atoms with van der Waals surface area (Å²) in [4.78, 5) is 13.1. The van der Waals surface area contributed by atoms with E-state index in [-0.39, 0.29) is 23.9 Å². The van der Waals surface area contributed by atoms with Crippen molar-refractivity contribution in [1.82, 2.24) is 0 Å². The number of Topliss-reactive ketones (excluding diaryl/α,β-unsaturated/α-hetero) is 1. The van der Waals surface area contributed by atoms with Gasteiger partial charge in [-0.15, -0.1) is 0 Å². The molecule has 3 aliphatic heterocycles. The molecule has 30 heavy (non-hydrogen) atoms. The Bertz CT molecular complexity index is 689. The van der Waals surface area contributed by atoms with E-state index in [0.29, 0.717) is 29.6 Å². The number of fused-ring (bicyclic) bond motifs is 6. The zero-order chi connectivity index (χ0) is 20.5. The van der Waals surface area contributed by atoms with Crippen molar-refractivity contribution in [3.8, 4) is 0 Å². The van der Waals surface area contributed by atoms with Crippen molar-refractivity contribution in [2.75, 3.05) is 13.2 Å². The predicted octanol–water partition coefficient (Wildman–Crippen LogP) is 5.57. The maximum absolute atomic E-state index is 13.1. The summed E-state index contributed by atoms with van der Waals surface area (Å²) in [5.41, 5.74) is 1.30. The van der Waals surface area contributed by atoms with E-state index in [1.54, 1.807) is 0 Å². The van der Waals surface area contributed by atoms with E-state index in [1.165, 1.54) is 50.5 Å². The molecule has 166 valence electrons. The summed E-state index contributed by atoms with van der Waals surface area (Å²) >= 11 is 0. The van der Waals surface area contributed by atoms with Crippen LogP contribution < -0.4 is 0 Å². The molecule has 3 saturated heterocycles. The van der Waals surface area contributed by atoms with Gasteiger partial charge in [-0.3, -0.25) is 4.79 Å². The van der Waals surface area contributed by atoms with E-state index in [4.69, 9.17) is 14.2 Å². The minimum absolute atomic E-state index is 0.0932. The number of unbranched alkanes of at least 4 members (excludes halogenated alkanes) is 2. The smallest absolute Gasteiger partial charge is 0.203 e. The molecule has 0 aromatic rings. The Morgan fingerprint density at radius 3 is 2.77 bits per heavy atom. The third-order valence-electron chi connectivity index (χ3n) is 8.26. The monoisotopic (exact) mass is 414 g/mol. The summed E-state index contributed by atoms with van der Waals surface area (Å²) in [7, 11) is 0. The Morgan fingerprint density at radius 1 is 1.03 bits per heavy atom. The lowest BCUT2D eigenvalue weighted by Gasteiger charge is -2.40. The fraction of sp³-hybridized carbons (Fsp3) is 0.808. The molecular formula is C26H38O4. The summed E-state index contributed by atoms with van der Waals surface area (Å²) in [6.45, 7) is 3.95.